The number of hydrogen-bond acceptors (Lipinski definition) is 6. The zero-order valence-corrected chi connectivity index (χ0v) is 19.9. The standard InChI is InChI=1S/C25H23ClN6O3/c1-15(2)22-24(34)32(14-16-3-5-18(26)6-4-16)25(31-30-22)29-19-7-9-20(10-8-19)35-21-11-17(23(27)33)12-28-13-21/h3-13,15H,14H2,1-2H3,(H2,27,33)(H,29,31). The first kappa shape index (κ1) is 23.9. The second-order valence-electron chi connectivity index (χ2n) is 8.09. The largest absolute Gasteiger partial charge is 0.456 e. The number of aromatic nitrogens is 4. The van der Waals surface area contributed by atoms with Gasteiger partial charge in [-0.3, -0.25) is 19.1 Å². The number of carbonyl (C=O) groups is 1. The predicted molar refractivity (Wildman–Crippen MR) is 132 cm³/mol. The molecule has 2 aromatic carbocycles. The fraction of sp³-hybridized carbons (Fsp3) is 0.160. The van der Waals surface area contributed by atoms with Crippen LogP contribution in [0.25, 0.3) is 0 Å². The van der Waals surface area contributed by atoms with Crippen molar-refractivity contribution in [3.8, 4) is 11.5 Å². The molecule has 9 nitrogen and oxygen atoms in total. The van der Waals surface area contributed by atoms with E-state index >= 15 is 0 Å². The molecular formula is C25H23ClN6O3. The van der Waals surface area contributed by atoms with Gasteiger partial charge < -0.3 is 10.5 Å². The molecule has 0 saturated heterocycles. The third-order valence-corrected chi connectivity index (χ3v) is 5.35. The van der Waals surface area contributed by atoms with E-state index in [4.69, 9.17) is 22.1 Å². The van der Waals surface area contributed by atoms with E-state index in [1.54, 1.807) is 41.0 Å². The Bertz CT molecular complexity index is 1480. The van der Waals surface area contributed by atoms with Gasteiger partial charge in [0.25, 0.3) is 5.56 Å². The number of primary amides is 1. The van der Waals surface area contributed by atoms with Crippen LogP contribution in [-0.4, -0.2) is 25.7 Å². The van der Waals surface area contributed by atoms with Crippen molar-refractivity contribution >= 4 is 23.2 Å². The van der Waals surface area contributed by atoms with Crippen LogP contribution < -0.4 is 21.6 Å². The number of carbonyl (C=O) groups excluding carboxylic acids is 1. The first-order valence-corrected chi connectivity index (χ1v) is 11.2. The van der Waals surface area contributed by atoms with Crippen molar-refractivity contribution in [2.75, 3.05) is 0 Å². The lowest BCUT2D eigenvalue weighted by molar-refractivity contribution is 0.0999. The monoisotopic (exact) mass is 490 g/mol. The Kier molecular flexibility index (Phi) is 7.07. The molecule has 0 radical (unpaired) electrons. The van der Waals surface area contributed by atoms with Gasteiger partial charge >= 0.3 is 0 Å². The number of nitrogens with two attached hydrogens (primary N) is 1. The molecule has 0 unspecified atom stereocenters. The van der Waals surface area contributed by atoms with Gasteiger partial charge in [-0.05, 0) is 48.0 Å². The van der Waals surface area contributed by atoms with Crippen LogP contribution in [-0.2, 0) is 6.54 Å². The topological polar surface area (TPSA) is 128 Å². The molecule has 4 aromatic rings. The highest BCUT2D eigenvalue weighted by Crippen LogP contribution is 2.24. The minimum absolute atomic E-state index is 0.0525. The average Bonchev–Trinajstić information content (AvgIpc) is 2.84. The molecule has 0 bridgehead atoms. The number of hydrogen-bond donors (Lipinski definition) is 2. The molecule has 0 spiro atoms. The number of nitrogens with zero attached hydrogens (tertiary/aromatic N) is 4. The summed E-state index contributed by atoms with van der Waals surface area (Å²) in [7, 11) is 0. The molecule has 4 rings (SSSR count). The number of H-pyrrole nitrogens is 1. The van der Waals surface area contributed by atoms with Crippen molar-refractivity contribution in [2.24, 2.45) is 10.7 Å². The number of halogens is 1. The smallest absolute Gasteiger partial charge is 0.277 e. The highest BCUT2D eigenvalue weighted by Gasteiger charge is 2.12. The molecule has 0 aliphatic carbocycles. The lowest BCUT2D eigenvalue weighted by atomic mass is 10.1. The molecule has 0 aliphatic heterocycles. The first-order valence-electron chi connectivity index (χ1n) is 10.8. The van der Waals surface area contributed by atoms with E-state index in [-0.39, 0.29) is 17.0 Å². The van der Waals surface area contributed by atoms with Gasteiger partial charge in [0.15, 0.2) is 0 Å². The number of amides is 1. The Morgan fingerprint density at radius 1 is 1.11 bits per heavy atom. The summed E-state index contributed by atoms with van der Waals surface area (Å²) < 4.78 is 7.30. The van der Waals surface area contributed by atoms with Crippen molar-refractivity contribution < 1.29 is 9.53 Å². The van der Waals surface area contributed by atoms with Gasteiger partial charge in [-0.25, -0.2) is 10.1 Å². The lowest BCUT2D eigenvalue weighted by Crippen LogP contribution is -2.39. The maximum atomic E-state index is 13.2. The molecule has 2 aromatic heterocycles. The van der Waals surface area contributed by atoms with Gasteiger partial charge in [-0.1, -0.05) is 37.6 Å². The number of rotatable bonds is 7. The second-order valence-corrected chi connectivity index (χ2v) is 8.52. The molecule has 0 saturated carbocycles. The van der Waals surface area contributed by atoms with Crippen molar-refractivity contribution in [3.63, 3.8) is 0 Å². The van der Waals surface area contributed by atoms with Crippen molar-refractivity contribution in [1.82, 2.24) is 19.7 Å². The molecule has 0 aliphatic rings. The van der Waals surface area contributed by atoms with E-state index in [0.29, 0.717) is 40.1 Å². The maximum absolute atomic E-state index is 13.2. The van der Waals surface area contributed by atoms with Crippen LogP contribution in [0.2, 0.25) is 5.02 Å². The summed E-state index contributed by atoms with van der Waals surface area (Å²) in [4.78, 5) is 33.0. The van der Waals surface area contributed by atoms with Crippen LogP contribution in [0.15, 0.2) is 76.8 Å². The van der Waals surface area contributed by atoms with Gasteiger partial charge in [-0.2, -0.15) is 5.10 Å². The van der Waals surface area contributed by atoms with Crippen LogP contribution >= 0.6 is 11.6 Å². The number of benzene rings is 2. The van der Waals surface area contributed by atoms with Crippen molar-refractivity contribution in [2.45, 2.75) is 26.3 Å². The summed E-state index contributed by atoms with van der Waals surface area (Å²) >= 11 is 6.00. The summed E-state index contributed by atoms with van der Waals surface area (Å²) in [5.41, 5.74) is 7.54. The zero-order chi connectivity index (χ0) is 24.9. The molecule has 0 fully saturated rings. The first-order chi connectivity index (χ1) is 16.8. The quantitative estimate of drug-likeness (QED) is 0.405. The Balaban J connectivity index is 1.66. The van der Waals surface area contributed by atoms with Gasteiger partial charge in [-0.15, -0.1) is 0 Å². The fourth-order valence-corrected chi connectivity index (χ4v) is 3.42. The number of pyridine rings is 1. The molecule has 3 N–H and O–H groups in total. The number of ether oxygens (including phenoxy) is 1. The number of aromatic amines is 1. The molecule has 178 valence electrons. The Morgan fingerprint density at radius 3 is 2.49 bits per heavy atom. The summed E-state index contributed by atoms with van der Waals surface area (Å²) in [6.07, 6.45) is 2.85. The van der Waals surface area contributed by atoms with Gasteiger partial charge in [0.1, 0.15) is 17.2 Å². The normalized spacial score (nSPS) is 11.6. The minimum Gasteiger partial charge on any atom is -0.456 e. The van der Waals surface area contributed by atoms with E-state index < -0.39 is 5.91 Å². The molecule has 2 heterocycles. The third-order valence-electron chi connectivity index (χ3n) is 5.10. The van der Waals surface area contributed by atoms with Crippen LogP contribution in [0.3, 0.4) is 0 Å². The molecule has 35 heavy (non-hydrogen) atoms. The van der Waals surface area contributed by atoms with E-state index in [9.17, 15) is 9.59 Å². The van der Waals surface area contributed by atoms with E-state index in [2.05, 4.69) is 20.2 Å². The van der Waals surface area contributed by atoms with Crippen LogP contribution in [0, 0.1) is 0 Å². The highest BCUT2D eigenvalue weighted by molar-refractivity contribution is 6.30. The fourth-order valence-electron chi connectivity index (χ4n) is 3.29. The molecule has 1 amide bonds. The van der Waals surface area contributed by atoms with Crippen LogP contribution in [0.5, 0.6) is 11.5 Å². The SMILES string of the molecule is CC(C)c1n[nH]/c(=N\c2ccc(Oc3cncc(C(N)=O)c3)cc2)n(Cc2ccc(Cl)cc2)c1=O. The van der Waals surface area contributed by atoms with Crippen molar-refractivity contribution in [3.05, 3.63) is 105 Å². The average molecular weight is 491 g/mol. The van der Waals surface area contributed by atoms with Gasteiger partial charge in [0, 0.05) is 17.1 Å². The summed E-state index contributed by atoms with van der Waals surface area (Å²) in [5.74, 6) is 0.256. The summed E-state index contributed by atoms with van der Waals surface area (Å²) in [6, 6.07) is 15.7. The molecule has 0 atom stereocenters. The van der Waals surface area contributed by atoms with E-state index in [1.807, 2.05) is 26.0 Å². The summed E-state index contributed by atoms with van der Waals surface area (Å²) in [6.45, 7) is 4.13. The number of nitrogens with one attached hydrogen (secondary N) is 1. The molecular weight excluding hydrogens is 468 g/mol. The van der Waals surface area contributed by atoms with E-state index in [0.717, 1.165) is 5.56 Å². The van der Waals surface area contributed by atoms with Gasteiger partial charge in [0.2, 0.25) is 11.5 Å². The van der Waals surface area contributed by atoms with E-state index in [1.165, 1.54) is 18.5 Å². The Morgan fingerprint density at radius 2 is 1.83 bits per heavy atom. The maximum Gasteiger partial charge on any atom is 0.277 e. The molecule has 10 heteroatoms. The van der Waals surface area contributed by atoms with Crippen LogP contribution in [0.1, 0.15) is 41.4 Å². The Labute approximate surface area is 205 Å². The lowest BCUT2D eigenvalue weighted by Gasteiger charge is -2.11. The zero-order valence-electron chi connectivity index (χ0n) is 19.1. The third kappa shape index (κ3) is 5.82. The Hall–Kier alpha value is -4.24. The second kappa shape index (κ2) is 10.4. The van der Waals surface area contributed by atoms with Gasteiger partial charge in [0.05, 0.1) is 24.0 Å². The van der Waals surface area contributed by atoms with Crippen molar-refractivity contribution in [1.29, 1.82) is 0 Å². The summed E-state index contributed by atoms with van der Waals surface area (Å²) in [5, 5.41) is 7.78. The highest BCUT2D eigenvalue weighted by atomic mass is 35.5. The minimum atomic E-state index is -0.588. The predicted octanol–water partition coefficient (Wildman–Crippen LogP) is 3.92. The van der Waals surface area contributed by atoms with Crippen LogP contribution in [0.4, 0.5) is 5.69 Å².